The van der Waals surface area contributed by atoms with Crippen LogP contribution < -0.4 is 16.6 Å². The van der Waals surface area contributed by atoms with Crippen molar-refractivity contribution in [2.24, 2.45) is 11.7 Å². The minimum absolute atomic E-state index is 0.0333. The van der Waals surface area contributed by atoms with Gasteiger partial charge in [0.25, 0.3) is 5.91 Å². The molecule has 0 spiro atoms. The minimum Gasteiger partial charge on any atom is -0.350 e. The second-order valence-electron chi connectivity index (χ2n) is 4.15. The Morgan fingerprint density at radius 2 is 2.38 bits per heavy atom. The topological polar surface area (TPSA) is 88.0 Å². The summed E-state index contributed by atoms with van der Waals surface area (Å²) < 4.78 is 0. The van der Waals surface area contributed by atoms with Gasteiger partial charge in [-0.3, -0.25) is 9.59 Å². The first kappa shape index (κ1) is 10.9. The Morgan fingerprint density at radius 3 is 3.00 bits per heavy atom. The zero-order valence-electron chi connectivity index (χ0n) is 8.90. The lowest BCUT2D eigenvalue weighted by Crippen LogP contribution is -2.38. The van der Waals surface area contributed by atoms with Gasteiger partial charge in [-0.2, -0.15) is 0 Å². The van der Waals surface area contributed by atoms with Gasteiger partial charge in [-0.25, -0.2) is 0 Å². The highest BCUT2D eigenvalue weighted by molar-refractivity contribution is 5.93. The first-order chi connectivity index (χ1) is 7.66. The van der Waals surface area contributed by atoms with Gasteiger partial charge in [0.05, 0.1) is 0 Å². The van der Waals surface area contributed by atoms with E-state index in [4.69, 9.17) is 5.73 Å². The molecule has 1 aromatic heterocycles. The first-order valence-electron chi connectivity index (χ1n) is 5.39. The van der Waals surface area contributed by atoms with Gasteiger partial charge < -0.3 is 16.0 Å². The van der Waals surface area contributed by atoms with Crippen LogP contribution in [-0.2, 0) is 0 Å². The third-order valence-corrected chi connectivity index (χ3v) is 2.76. The average Bonchev–Trinajstić information content (AvgIpc) is 3.09. The molecule has 1 saturated carbocycles. The summed E-state index contributed by atoms with van der Waals surface area (Å²) in [6.07, 6.45) is 3.77. The number of amides is 1. The molecule has 1 fully saturated rings. The Kier molecular flexibility index (Phi) is 3.05. The molecule has 1 aliphatic rings. The van der Waals surface area contributed by atoms with E-state index >= 15 is 0 Å². The largest absolute Gasteiger partial charge is 0.350 e. The molecular weight excluding hydrogens is 206 g/mol. The maximum Gasteiger partial charge on any atom is 0.251 e. The average molecular weight is 221 g/mol. The molecule has 1 atom stereocenters. The summed E-state index contributed by atoms with van der Waals surface area (Å²) >= 11 is 0. The molecule has 4 N–H and O–H groups in total. The SMILES string of the molecule is NC(CNC(=O)c1cc[nH]c(=O)c1)C1CC1. The molecule has 1 aliphatic carbocycles. The summed E-state index contributed by atoms with van der Waals surface area (Å²) in [4.78, 5) is 25.1. The van der Waals surface area contributed by atoms with Crippen LogP contribution in [-0.4, -0.2) is 23.5 Å². The lowest BCUT2D eigenvalue weighted by atomic mass is 10.2. The summed E-state index contributed by atoms with van der Waals surface area (Å²) in [5.74, 6) is 0.307. The van der Waals surface area contributed by atoms with Crippen molar-refractivity contribution in [2.45, 2.75) is 18.9 Å². The van der Waals surface area contributed by atoms with Crippen LogP contribution in [0.3, 0.4) is 0 Å². The predicted octanol–water partition coefficient (Wildman–Crippen LogP) is -0.158. The molecule has 5 nitrogen and oxygen atoms in total. The molecule has 0 bridgehead atoms. The molecule has 0 aliphatic heterocycles. The van der Waals surface area contributed by atoms with Crippen molar-refractivity contribution in [1.29, 1.82) is 0 Å². The second kappa shape index (κ2) is 4.49. The van der Waals surface area contributed by atoms with Crippen molar-refractivity contribution in [3.63, 3.8) is 0 Å². The Morgan fingerprint density at radius 1 is 1.62 bits per heavy atom. The van der Waals surface area contributed by atoms with Crippen molar-refractivity contribution >= 4 is 5.91 Å². The summed E-state index contributed by atoms with van der Waals surface area (Å²) in [6.45, 7) is 0.469. The molecule has 0 saturated heterocycles. The number of nitrogens with one attached hydrogen (secondary N) is 2. The molecule has 1 unspecified atom stereocenters. The highest BCUT2D eigenvalue weighted by Gasteiger charge is 2.28. The summed E-state index contributed by atoms with van der Waals surface area (Å²) in [5.41, 5.74) is 5.94. The maximum absolute atomic E-state index is 11.6. The fraction of sp³-hybridized carbons (Fsp3) is 0.455. The number of H-pyrrole nitrogens is 1. The quantitative estimate of drug-likeness (QED) is 0.660. The molecule has 1 aromatic rings. The zero-order valence-corrected chi connectivity index (χ0v) is 8.90. The van der Waals surface area contributed by atoms with Crippen LogP contribution in [0.1, 0.15) is 23.2 Å². The number of aromatic amines is 1. The van der Waals surface area contributed by atoms with Gasteiger partial charge in [-0.1, -0.05) is 0 Å². The molecule has 0 radical (unpaired) electrons. The van der Waals surface area contributed by atoms with Gasteiger partial charge in [-0.15, -0.1) is 0 Å². The standard InChI is InChI=1S/C11H15N3O2/c12-9(7-1-2-7)6-14-11(16)8-3-4-13-10(15)5-8/h3-5,7,9H,1-2,6,12H2,(H,13,15)(H,14,16). The number of pyridine rings is 1. The van der Waals surface area contributed by atoms with Gasteiger partial charge in [-0.05, 0) is 24.8 Å². The van der Waals surface area contributed by atoms with Crippen molar-refractivity contribution < 1.29 is 4.79 Å². The van der Waals surface area contributed by atoms with E-state index in [1.54, 1.807) is 6.07 Å². The number of rotatable bonds is 4. The number of carbonyl (C=O) groups is 1. The van der Waals surface area contributed by atoms with Gasteiger partial charge in [0, 0.05) is 30.4 Å². The van der Waals surface area contributed by atoms with Crippen LogP contribution in [0.25, 0.3) is 0 Å². The smallest absolute Gasteiger partial charge is 0.251 e. The zero-order chi connectivity index (χ0) is 11.5. The number of hydrogen-bond acceptors (Lipinski definition) is 3. The molecule has 1 amide bonds. The lowest BCUT2D eigenvalue weighted by molar-refractivity contribution is 0.0950. The van der Waals surface area contributed by atoms with E-state index in [1.807, 2.05) is 0 Å². The van der Waals surface area contributed by atoms with Crippen molar-refractivity contribution in [3.8, 4) is 0 Å². The van der Waals surface area contributed by atoms with E-state index in [-0.39, 0.29) is 17.5 Å². The number of nitrogens with two attached hydrogens (primary N) is 1. The molecule has 1 heterocycles. The predicted molar refractivity (Wildman–Crippen MR) is 60.1 cm³/mol. The normalized spacial score (nSPS) is 16.8. The van der Waals surface area contributed by atoms with Crippen molar-refractivity contribution in [2.75, 3.05) is 6.54 Å². The van der Waals surface area contributed by atoms with Crippen molar-refractivity contribution in [3.05, 3.63) is 34.2 Å². The van der Waals surface area contributed by atoms with Gasteiger partial charge >= 0.3 is 0 Å². The van der Waals surface area contributed by atoms with E-state index in [2.05, 4.69) is 10.3 Å². The summed E-state index contributed by atoms with van der Waals surface area (Å²) in [7, 11) is 0. The maximum atomic E-state index is 11.6. The molecule has 2 rings (SSSR count). The van der Waals surface area contributed by atoms with E-state index in [0.29, 0.717) is 18.0 Å². The molecular formula is C11H15N3O2. The van der Waals surface area contributed by atoms with Crippen LogP contribution >= 0.6 is 0 Å². The molecule has 0 aromatic carbocycles. The van der Waals surface area contributed by atoms with E-state index < -0.39 is 0 Å². The highest BCUT2D eigenvalue weighted by Crippen LogP contribution is 2.31. The lowest BCUT2D eigenvalue weighted by Gasteiger charge is -2.11. The Balaban J connectivity index is 1.89. The van der Waals surface area contributed by atoms with Crippen LogP contribution in [0.2, 0.25) is 0 Å². The van der Waals surface area contributed by atoms with Gasteiger partial charge in [0.1, 0.15) is 0 Å². The third-order valence-electron chi connectivity index (χ3n) is 2.76. The third kappa shape index (κ3) is 2.70. The Bertz CT molecular complexity index is 437. The van der Waals surface area contributed by atoms with Crippen molar-refractivity contribution in [1.82, 2.24) is 10.3 Å². The van der Waals surface area contributed by atoms with Gasteiger partial charge in [0.2, 0.25) is 5.56 Å². The monoisotopic (exact) mass is 221 g/mol. The van der Waals surface area contributed by atoms with E-state index in [9.17, 15) is 9.59 Å². The highest BCUT2D eigenvalue weighted by atomic mass is 16.2. The Labute approximate surface area is 93.0 Å². The van der Waals surface area contributed by atoms with E-state index in [0.717, 1.165) is 12.8 Å². The number of hydrogen-bond donors (Lipinski definition) is 3. The van der Waals surface area contributed by atoms with E-state index in [1.165, 1.54) is 12.3 Å². The number of carbonyl (C=O) groups excluding carboxylic acids is 1. The van der Waals surface area contributed by atoms with Crippen LogP contribution in [0.4, 0.5) is 0 Å². The van der Waals surface area contributed by atoms with Crippen LogP contribution in [0.5, 0.6) is 0 Å². The summed E-state index contributed by atoms with van der Waals surface area (Å²) in [6, 6.07) is 2.88. The molecule has 86 valence electrons. The first-order valence-corrected chi connectivity index (χ1v) is 5.39. The fourth-order valence-corrected chi connectivity index (χ4v) is 1.59. The molecule has 16 heavy (non-hydrogen) atoms. The Hall–Kier alpha value is -1.62. The van der Waals surface area contributed by atoms with Gasteiger partial charge in [0.15, 0.2) is 0 Å². The minimum atomic E-state index is -0.279. The molecule has 5 heteroatoms. The second-order valence-corrected chi connectivity index (χ2v) is 4.15. The summed E-state index contributed by atoms with van der Waals surface area (Å²) in [5, 5.41) is 2.73. The van der Waals surface area contributed by atoms with Crippen LogP contribution in [0.15, 0.2) is 23.1 Å². The number of aromatic nitrogens is 1. The van der Waals surface area contributed by atoms with Crippen LogP contribution in [0, 0.1) is 5.92 Å². The fourth-order valence-electron chi connectivity index (χ4n) is 1.59.